The first-order valence-electron chi connectivity index (χ1n) is 3.09. The summed E-state index contributed by atoms with van der Waals surface area (Å²) in [6.45, 7) is 0. The van der Waals surface area contributed by atoms with Crippen molar-refractivity contribution in [3.63, 3.8) is 0 Å². The lowest BCUT2D eigenvalue weighted by Gasteiger charge is -2.12. The first kappa shape index (κ1) is 8.66. The number of nitrogens with zero attached hydrogens (tertiary/aromatic N) is 3. The van der Waals surface area contributed by atoms with Crippen LogP contribution in [0.1, 0.15) is 0 Å². The standard InChI is InChI=1S/C6H9IN4/c1-11(2)10-6-5(7)3-8-4-9-6/h3-4H,1-2H3,(H,8,9,10). The molecule has 0 saturated heterocycles. The minimum Gasteiger partial charge on any atom is -0.303 e. The summed E-state index contributed by atoms with van der Waals surface area (Å²) in [6.07, 6.45) is 3.29. The van der Waals surface area contributed by atoms with E-state index in [2.05, 4.69) is 38.0 Å². The number of hydrogen-bond acceptors (Lipinski definition) is 4. The van der Waals surface area contributed by atoms with Crippen LogP contribution in [0, 0.1) is 3.57 Å². The summed E-state index contributed by atoms with van der Waals surface area (Å²) in [5.41, 5.74) is 3.05. The second-order valence-electron chi connectivity index (χ2n) is 2.23. The Morgan fingerprint density at radius 3 is 2.82 bits per heavy atom. The molecule has 1 aromatic rings. The highest BCUT2D eigenvalue weighted by Crippen LogP contribution is 2.11. The largest absolute Gasteiger partial charge is 0.303 e. The molecule has 11 heavy (non-hydrogen) atoms. The van der Waals surface area contributed by atoms with Crippen molar-refractivity contribution in [3.05, 3.63) is 16.1 Å². The van der Waals surface area contributed by atoms with Crippen LogP contribution >= 0.6 is 22.6 Å². The third-order valence-electron chi connectivity index (χ3n) is 0.997. The van der Waals surface area contributed by atoms with Gasteiger partial charge in [-0.2, -0.15) is 0 Å². The number of halogens is 1. The van der Waals surface area contributed by atoms with E-state index in [1.165, 1.54) is 6.33 Å². The lowest BCUT2D eigenvalue weighted by molar-refractivity contribution is 0.491. The van der Waals surface area contributed by atoms with Gasteiger partial charge in [0, 0.05) is 20.3 Å². The van der Waals surface area contributed by atoms with E-state index in [-0.39, 0.29) is 0 Å². The van der Waals surface area contributed by atoms with Gasteiger partial charge in [0.1, 0.15) is 6.33 Å². The SMILES string of the molecule is CN(C)Nc1ncncc1I. The molecular formula is C6H9IN4. The minimum atomic E-state index is 0.839. The monoisotopic (exact) mass is 264 g/mol. The second kappa shape index (κ2) is 3.82. The molecule has 0 unspecified atom stereocenters. The molecule has 0 aliphatic heterocycles. The zero-order chi connectivity index (χ0) is 8.27. The summed E-state index contributed by atoms with van der Waals surface area (Å²) in [6, 6.07) is 0. The summed E-state index contributed by atoms with van der Waals surface area (Å²) in [5, 5.41) is 1.84. The molecule has 0 radical (unpaired) electrons. The molecule has 60 valence electrons. The van der Waals surface area contributed by atoms with E-state index in [0.29, 0.717) is 0 Å². The van der Waals surface area contributed by atoms with Crippen molar-refractivity contribution in [2.24, 2.45) is 0 Å². The summed E-state index contributed by atoms with van der Waals surface area (Å²) in [4.78, 5) is 7.92. The van der Waals surface area contributed by atoms with Crippen LogP contribution in [-0.4, -0.2) is 29.1 Å². The number of aromatic nitrogens is 2. The second-order valence-corrected chi connectivity index (χ2v) is 3.39. The minimum absolute atomic E-state index is 0.839. The number of hydrogen-bond donors (Lipinski definition) is 1. The molecule has 5 heteroatoms. The topological polar surface area (TPSA) is 41.0 Å². The van der Waals surface area contributed by atoms with E-state index in [1.54, 1.807) is 6.20 Å². The van der Waals surface area contributed by atoms with Crippen LogP contribution in [0.2, 0.25) is 0 Å². The van der Waals surface area contributed by atoms with Gasteiger partial charge in [0.25, 0.3) is 0 Å². The fourth-order valence-electron chi connectivity index (χ4n) is 0.607. The van der Waals surface area contributed by atoms with Crippen LogP contribution in [0.4, 0.5) is 5.82 Å². The maximum Gasteiger partial charge on any atom is 0.157 e. The van der Waals surface area contributed by atoms with Crippen LogP contribution in [0.3, 0.4) is 0 Å². The van der Waals surface area contributed by atoms with Crippen molar-refractivity contribution in [2.45, 2.75) is 0 Å². The highest BCUT2D eigenvalue weighted by atomic mass is 127. The Bertz CT molecular complexity index is 238. The molecule has 0 amide bonds. The van der Waals surface area contributed by atoms with Crippen LogP contribution in [0.25, 0.3) is 0 Å². The van der Waals surface area contributed by atoms with Gasteiger partial charge in [0.15, 0.2) is 5.82 Å². The molecule has 1 N–H and O–H groups in total. The average molecular weight is 264 g/mol. The Hall–Kier alpha value is -0.430. The maximum atomic E-state index is 4.05. The van der Waals surface area contributed by atoms with Gasteiger partial charge in [-0.1, -0.05) is 0 Å². The van der Waals surface area contributed by atoms with E-state index < -0.39 is 0 Å². The molecule has 0 saturated carbocycles. The maximum absolute atomic E-state index is 4.05. The normalized spacial score (nSPS) is 10.2. The molecule has 0 atom stereocenters. The van der Waals surface area contributed by atoms with Gasteiger partial charge in [-0.25, -0.2) is 15.0 Å². The molecule has 0 aliphatic rings. The van der Waals surface area contributed by atoms with E-state index in [4.69, 9.17) is 0 Å². The van der Waals surface area contributed by atoms with Crippen LogP contribution in [0.5, 0.6) is 0 Å². The van der Waals surface area contributed by atoms with Crippen molar-refractivity contribution in [2.75, 3.05) is 19.5 Å². The first-order valence-corrected chi connectivity index (χ1v) is 4.17. The first-order chi connectivity index (χ1) is 5.20. The quantitative estimate of drug-likeness (QED) is 0.638. The lowest BCUT2D eigenvalue weighted by Crippen LogP contribution is -2.21. The number of rotatable bonds is 2. The summed E-state index contributed by atoms with van der Waals surface area (Å²) in [5.74, 6) is 0.839. The molecule has 0 spiro atoms. The Labute approximate surface area is 79.1 Å². The van der Waals surface area contributed by atoms with Crippen molar-refractivity contribution in [1.29, 1.82) is 0 Å². The predicted molar refractivity (Wildman–Crippen MR) is 52.1 cm³/mol. The summed E-state index contributed by atoms with van der Waals surface area (Å²) >= 11 is 2.18. The van der Waals surface area contributed by atoms with E-state index in [0.717, 1.165) is 9.39 Å². The fourth-order valence-corrected chi connectivity index (χ4v) is 1.03. The smallest absolute Gasteiger partial charge is 0.157 e. The van der Waals surface area contributed by atoms with Crippen LogP contribution in [0.15, 0.2) is 12.5 Å². The van der Waals surface area contributed by atoms with Gasteiger partial charge in [-0.05, 0) is 22.6 Å². The lowest BCUT2D eigenvalue weighted by atomic mass is 10.6. The molecule has 0 fully saturated rings. The Morgan fingerprint density at radius 2 is 2.27 bits per heavy atom. The van der Waals surface area contributed by atoms with E-state index in [1.807, 2.05) is 19.1 Å². The summed E-state index contributed by atoms with van der Waals surface area (Å²) in [7, 11) is 3.83. The predicted octanol–water partition coefficient (Wildman–Crippen LogP) is 0.970. The summed E-state index contributed by atoms with van der Waals surface area (Å²) < 4.78 is 1.01. The Kier molecular flexibility index (Phi) is 3.01. The number of hydrazine groups is 1. The zero-order valence-electron chi connectivity index (χ0n) is 6.37. The third kappa shape index (κ3) is 2.58. The van der Waals surface area contributed by atoms with E-state index in [9.17, 15) is 0 Å². The fraction of sp³-hybridized carbons (Fsp3) is 0.333. The van der Waals surface area contributed by atoms with Crippen molar-refractivity contribution < 1.29 is 0 Å². The van der Waals surface area contributed by atoms with Gasteiger partial charge in [-0.15, -0.1) is 0 Å². The molecule has 1 aromatic heterocycles. The highest BCUT2D eigenvalue weighted by Gasteiger charge is 1.98. The zero-order valence-corrected chi connectivity index (χ0v) is 8.53. The van der Waals surface area contributed by atoms with Gasteiger partial charge < -0.3 is 5.43 Å². The van der Waals surface area contributed by atoms with Gasteiger partial charge in [-0.3, -0.25) is 0 Å². The van der Waals surface area contributed by atoms with Crippen LogP contribution in [-0.2, 0) is 0 Å². The number of anilines is 1. The van der Waals surface area contributed by atoms with Gasteiger partial charge in [0.05, 0.1) is 3.57 Å². The average Bonchev–Trinajstić information content (AvgIpc) is 1.93. The van der Waals surface area contributed by atoms with Crippen molar-refractivity contribution in [1.82, 2.24) is 15.0 Å². The highest BCUT2D eigenvalue weighted by molar-refractivity contribution is 14.1. The molecular weight excluding hydrogens is 255 g/mol. The molecule has 1 heterocycles. The molecule has 0 aliphatic carbocycles. The van der Waals surface area contributed by atoms with E-state index >= 15 is 0 Å². The van der Waals surface area contributed by atoms with Crippen LogP contribution < -0.4 is 5.43 Å². The Morgan fingerprint density at radius 1 is 1.55 bits per heavy atom. The van der Waals surface area contributed by atoms with Crippen molar-refractivity contribution in [3.8, 4) is 0 Å². The third-order valence-corrected chi connectivity index (χ3v) is 1.79. The number of nitrogens with one attached hydrogen (secondary N) is 1. The molecule has 1 rings (SSSR count). The van der Waals surface area contributed by atoms with Crippen molar-refractivity contribution >= 4 is 28.4 Å². The molecule has 0 aromatic carbocycles. The molecule has 4 nitrogen and oxygen atoms in total. The van der Waals surface area contributed by atoms with Gasteiger partial charge in [0.2, 0.25) is 0 Å². The Balaban J connectivity index is 2.78. The van der Waals surface area contributed by atoms with Gasteiger partial charge >= 0.3 is 0 Å². The molecule has 0 bridgehead atoms.